The maximum atomic E-state index is 12.5. The molecule has 1 fully saturated rings. The van der Waals surface area contributed by atoms with Gasteiger partial charge in [-0.3, -0.25) is 9.59 Å². The number of carbonyl (C=O) groups excluding carboxylic acids is 2. The molecule has 2 unspecified atom stereocenters. The van der Waals surface area contributed by atoms with Crippen LogP contribution in [0.25, 0.3) is 0 Å². The van der Waals surface area contributed by atoms with Crippen molar-refractivity contribution in [2.24, 2.45) is 5.92 Å². The minimum atomic E-state index is -4.23. The standard InChI is InChI=1S/C13H22F3N3O2/c1-3-6-17-11(20)8-19(2)12(21)10-5-4-9(7-18-10)13(14,15)16/h9-10,18H,3-8H2,1-2H3,(H,17,20). The van der Waals surface area contributed by atoms with Crippen LogP contribution in [0.2, 0.25) is 0 Å². The Morgan fingerprint density at radius 3 is 2.48 bits per heavy atom. The van der Waals surface area contributed by atoms with Crippen LogP contribution < -0.4 is 10.6 Å². The summed E-state index contributed by atoms with van der Waals surface area (Å²) >= 11 is 0. The molecule has 0 bridgehead atoms. The Labute approximate surface area is 122 Å². The minimum absolute atomic E-state index is 0.0667. The second-order valence-corrected chi connectivity index (χ2v) is 5.32. The maximum Gasteiger partial charge on any atom is 0.393 e. The van der Waals surface area contributed by atoms with Crippen molar-refractivity contribution in [3.8, 4) is 0 Å². The van der Waals surface area contributed by atoms with Crippen LogP contribution in [0.15, 0.2) is 0 Å². The number of halogens is 3. The number of hydrogen-bond donors (Lipinski definition) is 2. The fourth-order valence-corrected chi connectivity index (χ4v) is 2.23. The van der Waals surface area contributed by atoms with Crippen molar-refractivity contribution < 1.29 is 22.8 Å². The third-order valence-corrected chi connectivity index (χ3v) is 3.50. The van der Waals surface area contributed by atoms with Gasteiger partial charge in [-0.2, -0.15) is 13.2 Å². The number of hydrogen-bond acceptors (Lipinski definition) is 3. The first-order valence-electron chi connectivity index (χ1n) is 7.07. The lowest BCUT2D eigenvalue weighted by molar-refractivity contribution is -0.180. The van der Waals surface area contributed by atoms with Crippen molar-refractivity contribution in [3.05, 3.63) is 0 Å². The van der Waals surface area contributed by atoms with E-state index in [1.807, 2.05) is 6.92 Å². The summed E-state index contributed by atoms with van der Waals surface area (Å²) in [5.74, 6) is -2.02. The molecular weight excluding hydrogens is 287 g/mol. The summed E-state index contributed by atoms with van der Waals surface area (Å²) < 4.78 is 37.6. The van der Waals surface area contributed by atoms with Gasteiger partial charge in [-0.05, 0) is 19.3 Å². The monoisotopic (exact) mass is 309 g/mol. The third kappa shape index (κ3) is 5.53. The number of rotatable bonds is 5. The zero-order valence-corrected chi connectivity index (χ0v) is 12.3. The maximum absolute atomic E-state index is 12.5. The van der Waals surface area contributed by atoms with Crippen molar-refractivity contribution in [1.82, 2.24) is 15.5 Å². The molecule has 0 radical (unpaired) electrons. The number of piperidine rings is 1. The predicted octanol–water partition coefficient (Wildman–Crippen LogP) is 0.901. The zero-order valence-electron chi connectivity index (χ0n) is 12.3. The molecule has 2 amide bonds. The lowest BCUT2D eigenvalue weighted by Crippen LogP contribution is -2.53. The van der Waals surface area contributed by atoms with Gasteiger partial charge in [-0.1, -0.05) is 6.92 Å². The first-order chi connectivity index (χ1) is 9.75. The quantitative estimate of drug-likeness (QED) is 0.793. The van der Waals surface area contributed by atoms with Gasteiger partial charge in [0, 0.05) is 20.1 Å². The second kappa shape index (κ2) is 7.63. The molecule has 1 rings (SSSR count). The Kier molecular flexibility index (Phi) is 6.44. The fourth-order valence-electron chi connectivity index (χ4n) is 2.23. The molecule has 2 N–H and O–H groups in total. The highest BCUT2D eigenvalue weighted by atomic mass is 19.4. The summed E-state index contributed by atoms with van der Waals surface area (Å²) in [6, 6.07) is -0.646. The minimum Gasteiger partial charge on any atom is -0.355 e. The lowest BCUT2D eigenvalue weighted by Gasteiger charge is -2.32. The van der Waals surface area contributed by atoms with Gasteiger partial charge in [0.2, 0.25) is 11.8 Å². The van der Waals surface area contributed by atoms with Crippen molar-refractivity contribution in [2.45, 2.75) is 38.4 Å². The summed E-state index contributed by atoms with van der Waals surface area (Å²) in [5.41, 5.74) is 0. The average molecular weight is 309 g/mol. The molecule has 21 heavy (non-hydrogen) atoms. The molecular formula is C13H22F3N3O2. The zero-order chi connectivity index (χ0) is 16.0. The SMILES string of the molecule is CCCNC(=O)CN(C)C(=O)C1CCC(C(F)(F)F)CN1. The normalized spacial score (nSPS) is 22.7. The number of nitrogens with zero attached hydrogens (tertiary/aromatic N) is 1. The van der Waals surface area contributed by atoms with Crippen molar-refractivity contribution >= 4 is 11.8 Å². The van der Waals surface area contributed by atoms with Gasteiger partial charge in [0.25, 0.3) is 0 Å². The molecule has 0 aromatic carbocycles. The van der Waals surface area contributed by atoms with E-state index in [-0.39, 0.29) is 37.7 Å². The largest absolute Gasteiger partial charge is 0.393 e. The van der Waals surface area contributed by atoms with Gasteiger partial charge in [0.1, 0.15) is 0 Å². The van der Waals surface area contributed by atoms with Gasteiger partial charge in [0.05, 0.1) is 18.5 Å². The smallest absolute Gasteiger partial charge is 0.355 e. The summed E-state index contributed by atoms with van der Waals surface area (Å²) in [6.45, 7) is 2.11. The number of alkyl halides is 3. The molecule has 1 saturated heterocycles. The van der Waals surface area contributed by atoms with Crippen LogP contribution in [0, 0.1) is 5.92 Å². The predicted molar refractivity (Wildman–Crippen MR) is 71.5 cm³/mol. The highest BCUT2D eigenvalue weighted by Gasteiger charge is 2.42. The first kappa shape index (κ1) is 17.7. The van der Waals surface area contributed by atoms with E-state index in [0.29, 0.717) is 6.54 Å². The van der Waals surface area contributed by atoms with Gasteiger partial charge in [-0.25, -0.2) is 0 Å². The Hall–Kier alpha value is -1.31. The molecule has 0 aromatic rings. The highest BCUT2D eigenvalue weighted by Crippen LogP contribution is 2.32. The molecule has 0 saturated carbocycles. The lowest BCUT2D eigenvalue weighted by atomic mass is 9.93. The topological polar surface area (TPSA) is 61.4 Å². The van der Waals surface area contributed by atoms with Crippen LogP contribution in [0.4, 0.5) is 13.2 Å². The van der Waals surface area contributed by atoms with Crippen LogP contribution in [-0.2, 0) is 9.59 Å². The van der Waals surface area contributed by atoms with E-state index in [9.17, 15) is 22.8 Å². The molecule has 5 nitrogen and oxygen atoms in total. The summed E-state index contributed by atoms with van der Waals surface area (Å²) in [5, 5.41) is 5.28. The van der Waals surface area contributed by atoms with Crippen LogP contribution in [0.3, 0.4) is 0 Å². The first-order valence-corrected chi connectivity index (χ1v) is 7.07. The van der Waals surface area contributed by atoms with E-state index in [4.69, 9.17) is 0 Å². The van der Waals surface area contributed by atoms with Crippen LogP contribution >= 0.6 is 0 Å². The summed E-state index contributed by atoms with van der Waals surface area (Å²) in [6.07, 6.45) is -3.37. The number of nitrogens with one attached hydrogen (secondary N) is 2. The van der Waals surface area contributed by atoms with Crippen LogP contribution in [-0.4, -0.2) is 55.6 Å². The van der Waals surface area contributed by atoms with E-state index < -0.39 is 18.1 Å². The molecule has 2 atom stereocenters. The average Bonchev–Trinajstić information content (AvgIpc) is 2.43. The highest BCUT2D eigenvalue weighted by molar-refractivity contribution is 5.87. The Balaban J connectivity index is 2.41. The molecule has 122 valence electrons. The Bertz CT molecular complexity index is 366. The van der Waals surface area contributed by atoms with E-state index in [0.717, 1.165) is 6.42 Å². The van der Waals surface area contributed by atoms with E-state index in [2.05, 4.69) is 10.6 Å². The van der Waals surface area contributed by atoms with Crippen molar-refractivity contribution in [1.29, 1.82) is 0 Å². The molecule has 1 aliphatic heterocycles. The number of amides is 2. The van der Waals surface area contributed by atoms with Gasteiger partial charge < -0.3 is 15.5 Å². The summed E-state index contributed by atoms with van der Waals surface area (Å²) in [4.78, 5) is 24.8. The van der Waals surface area contributed by atoms with Gasteiger partial charge in [0.15, 0.2) is 0 Å². The van der Waals surface area contributed by atoms with Crippen molar-refractivity contribution in [3.63, 3.8) is 0 Å². The van der Waals surface area contributed by atoms with E-state index >= 15 is 0 Å². The third-order valence-electron chi connectivity index (χ3n) is 3.50. The molecule has 0 aliphatic carbocycles. The Morgan fingerprint density at radius 1 is 1.33 bits per heavy atom. The van der Waals surface area contributed by atoms with Crippen LogP contribution in [0.5, 0.6) is 0 Å². The van der Waals surface area contributed by atoms with Gasteiger partial charge in [-0.15, -0.1) is 0 Å². The van der Waals surface area contributed by atoms with E-state index in [1.165, 1.54) is 11.9 Å². The summed E-state index contributed by atoms with van der Waals surface area (Å²) in [7, 11) is 1.48. The van der Waals surface area contributed by atoms with Gasteiger partial charge >= 0.3 is 6.18 Å². The molecule has 0 aromatic heterocycles. The molecule has 1 aliphatic rings. The second-order valence-electron chi connectivity index (χ2n) is 5.32. The van der Waals surface area contributed by atoms with E-state index in [1.54, 1.807) is 0 Å². The molecule has 1 heterocycles. The fraction of sp³-hybridized carbons (Fsp3) is 0.846. The molecule has 0 spiro atoms. The van der Waals surface area contributed by atoms with Crippen molar-refractivity contribution in [2.75, 3.05) is 26.7 Å². The Morgan fingerprint density at radius 2 is 2.00 bits per heavy atom. The molecule has 8 heteroatoms. The number of carbonyl (C=O) groups is 2. The number of likely N-dealkylation sites (N-methyl/N-ethyl adjacent to an activating group) is 1. The van der Waals surface area contributed by atoms with Crippen LogP contribution in [0.1, 0.15) is 26.2 Å².